The number of aromatic nitrogens is 1. The van der Waals surface area contributed by atoms with Gasteiger partial charge in [-0.1, -0.05) is 71.8 Å². The van der Waals surface area contributed by atoms with Crippen molar-refractivity contribution in [1.82, 2.24) is 9.47 Å². The van der Waals surface area contributed by atoms with Crippen LogP contribution in [0.1, 0.15) is 47.4 Å². The number of carbonyl (C=O) groups excluding carboxylic acids is 1. The van der Waals surface area contributed by atoms with Crippen molar-refractivity contribution >= 4 is 28.4 Å². The Hall–Kier alpha value is -4.02. The number of nitrogens with zero attached hydrogens (tertiary/aromatic N) is 2. The number of benzene rings is 4. The Labute approximate surface area is 240 Å². The maximum atomic E-state index is 13.6. The first-order valence-electron chi connectivity index (χ1n) is 14.0. The van der Waals surface area contributed by atoms with Gasteiger partial charge in [-0.25, -0.2) is 0 Å². The van der Waals surface area contributed by atoms with E-state index in [1.54, 1.807) is 0 Å². The molecule has 40 heavy (non-hydrogen) atoms. The van der Waals surface area contributed by atoms with Gasteiger partial charge in [-0.2, -0.15) is 0 Å². The quantitative estimate of drug-likeness (QED) is 0.194. The van der Waals surface area contributed by atoms with Crippen LogP contribution in [0, 0.1) is 6.92 Å². The summed E-state index contributed by atoms with van der Waals surface area (Å²) >= 11 is 6.07. The molecular weight excluding hydrogens is 516 g/mol. The molecular formula is C35H33ClN2O2. The van der Waals surface area contributed by atoms with Crippen LogP contribution in [0.2, 0.25) is 5.02 Å². The van der Waals surface area contributed by atoms with Gasteiger partial charge in [0.25, 0.3) is 0 Å². The Morgan fingerprint density at radius 1 is 0.875 bits per heavy atom. The molecule has 1 fully saturated rings. The van der Waals surface area contributed by atoms with E-state index < -0.39 is 0 Å². The summed E-state index contributed by atoms with van der Waals surface area (Å²) in [6, 6.07) is 32.7. The Balaban J connectivity index is 1.40. The zero-order valence-corrected chi connectivity index (χ0v) is 23.5. The van der Waals surface area contributed by atoms with Gasteiger partial charge >= 0.3 is 0 Å². The fourth-order valence-electron chi connectivity index (χ4n) is 5.68. The molecule has 0 saturated carbocycles. The number of hydrogen-bond acceptors (Lipinski definition) is 2. The lowest BCUT2D eigenvalue weighted by molar-refractivity contribution is -0.130. The molecule has 6 rings (SSSR count). The predicted octanol–water partition coefficient (Wildman–Crippen LogP) is 8.59. The van der Waals surface area contributed by atoms with E-state index in [0.717, 1.165) is 49.5 Å². The molecule has 1 amide bonds. The maximum absolute atomic E-state index is 13.6. The Bertz CT molecular complexity index is 1620. The van der Waals surface area contributed by atoms with Crippen LogP contribution in [0.4, 0.5) is 0 Å². The lowest BCUT2D eigenvalue weighted by Crippen LogP contribution is -2.29. The minimum absolute atomic E-state index is 0.106. The van der Waals surface area contributed by atoms with Crippen molar-refractivity contribution in [3.05, 3.63) is 131 Å². The second kappa shape index (κ2) is 11.6. The van der Waals surface area contributed by atoms with Crippen molar-refractivity contribution in [3.8, 4) is 11.5 Å². The summed E-state index contributed by atoms with van der Waals surface area (Å²) in [6.45, 7) is 4.58. The highest BCUT2D eigenvalue weighted by atomic mass is 35.5. The minimum atomic E-state index is -0.106. The molecule has 4 aromatic carbocycles. The summed E-state index contributed by atoms with van der Waals surface area (Å²) in [4.78, 5) is 15.6. The molecule has 202 valence electrons. The highest BCUT2D eigenvalue weighted by Gasteiger charge is 2.27. The van der Waals surface area contributed by atoms with E-state index in [4.69, 9.17) is 16.3 Å². The Morgan fingerprint density at radius 2 is 1.62 bits per heavy atom. The summed E-state index contributed by atoms with van der Waals surface area (Å²) in [6.07, 6.45) is 4.83. The topological polar surface area (TPSA) is 34.5 Å². The van der Waals surface area contributed by atoms with Gasteiger partial charge in [-0.05, 0) is 78.9 Å². The molecule has 5 aromatic rings. The van der Waals surface area contributed by atoms with Crippen LogP contribution in [0.25, 0.3) is 10.9 Å². The Kier molecular flexibility index (Phi) is 7.61. The zero-order chi connectivity index (χ0) is 27.5. The van der Waals surface area contributed by atoms with E-state index in [2.05, 4.69) is 78.4 Å². The van der Waals surface area contributed by atoms with Crippen molar-refractivity contribution in [2.75, 3.05) is 13.1 Å². The van der Waals surface area contributed by atoms with Gasteiger partial charge in [0.2, 0.25) is 5.91 Å². The molecule has 0 radical (unpaired) electrons. The van der Waals surface area contributed by atoms with Gasteiger partial charge < -0.3 is 14.2 Å². The summed E-state index contributed by atoms with van der Waals surface area (Å²) in [5.41, 5.74) is 5.91. The number of hydrogen-bond donors (Lipinski definition) is 0. The number of fused-ring (bicyclic) bond motifs is 1. The van der Waals surface area contributed by atoms with E-state index in [-0.39, 0.29) is 11.8 Å². The van der Waals surface area contributed by atoms with Crippen molar-refractivity contribution in [3.63, 3.8) is 0 Å². The number of amides is 1. The third kappa shape index (κ3) is 5.78. The average molecular weight is 549 g/mol. The number of carbonyl (C=O) groups is 1. The van der Waals surface area contributed by atoms with Gasteiger partial charge in [0.05, 0.1) is 0 Å². The number of ether oxygens (including phenoxy) is 1. The molecule has 0 spiro atoms. The first-order valence-corrected chi connectivity index (χ1v) is 14.4. The largest absolute Gasteiger partial charge is 0.457 e. The molecule has 1 aliphatic rings. The Morgan fingerprint density at radius 3 is 2.40 bits per heavy atom. The third-order valence-corrected chi connectivity index (χ3v) is 8.07. The number of para-hydroxylation sites is 1. The number of aryl methyl sites for hydroxylation is 1. The summed E-state index contributed by atoms with van der Waals surface area (Å²) in [7, 11) is 0. The van der Waals surface area contributed by atoms with Crippen LogP contribution in [0.15, 0.2) is 103 Å². The first-order chi connectivity index (χ1) is 19.5. The molecule has 1 aliphatic heterocycles. The molecule has 4 nitrogen and oxygen atoms in total. The maximum Gasteiger partial charge on any atom is 0.223 e. The van der Waals surface area contributed by atoms with Crippen LogP contribution in [0.3, 0.4) is 0 Å². The summed E-state index contributed by atoms with van der Waals surface area (Å²) < 4.78 is 8.50. The van der Waals surface area contributed by atoms with E-state index >= 15 is 0 Å². The predicted molar refractivity (Wildman–Crippen MR) is 162 cm³/mol. The van der Waals surface area contributed by atoms with Gasteiger partial charge in [0.15, 0.2) is 0 Å². The smallest absolute Gasteiger partial charge is 0.223 e. The van der Waals surface area contributed by atoms with Crippen LogP contribution in [-0.2, 0) is 11.3 Å². The van der Waals surface area contributed by atoms with Crippen LogP contribution < -0.4 is 4.74 Å². The number of halogens is 1. The lowest BCUT2D eigenvalue weighted by Gasteiger charge is -2.22. The van der Waals surface area contributed by atoms with Crippen LogP contribution >= 0.6 is 11.6 Å². The fraction of sp³-hybridized carbons (Fsp3) is 0.229. The van der Waals surface area contributed by atoms with E-state index in [1.807, 2.05) is 41.3 Å². The van der Waals surface area contributed by atoms with Gasteiger partial charge in [0.1, 0.15) is 11.5 Å². The van der Waals surface area contributed by atoms with Crippen molar-refractivity contribution < 1.29 is 9.53 Å². The monoisotopic (exact) mass is 548 g/mol. The van der Waals surface area contributed by atoms with E-state index in [9.17, 15) is 4.79 Å². The summed E-state index contributed by atoms with van der Waals surface area (Å²) in [5, 5.41) is 1.85. The molecule has 1 atom stereocenters. The van der Waals surface area contributed by atoms with Gasteiger partial charge in [-0.3, -0.25) is 4.79 Å². The molecule has 0 unspecified atom stereocenters. The molecule has 1 saturated heterocycles. The van der Waals surface area contributed by atoms with Crippen LogP contribution in [-0.4, -0.2) is 28.5 Å². The second-order valence-electron chi connectivity index (χ2n) is 10.7. The van der Waals surface area contributed by atoms with Gasteiger partial charge in [0, 0.05) is 54.1 Å². The number of rotatable bonds is 8. The normalized spacial score (nSPS) is 14.0. The highest BCUT2D eigenvalue weighted by molar-refractivity contribution is 6.30. The lowest BCUT2D eigenvalue weighted by atomic mass is 9.87. The van der Waals surface area contributed by atoms with Crippen molar-refractivity contribution in [2.24, 2.45) is 0 Å². The van der Waals surface area contributed by atoms with E-state index in [0.29, 0.717) is 11.4 Å². The van der Waals surface area contributed by atoms with Gasteiger partial charge in [-0.15, -0.1) is 0 Å². The zero-order valence-electron chi connectivity index (χ0n) is 22.7. The standard InChI is InChI=1S/C35H33ClN2O2/c1-25-11-13-26(14-12-25)23-38-24-33(31-9-2-3-10-34(31)38)32(22-35(39)37-19-4-5-20-37)27-7-6-8-30(21-27)40-29-17-15-28(36)16-18-29/h2-3,6-18,21,24,32H,4-5,19-20,22-23H2,1H3/t32-/m0/s1. The average Bonchev–Trinajstić information content (AvgIpc) is 3.64. The van der Waals surface area contributed by atoms with Crippen molar-refractivity contribution in [1.29, 1.82) is 0 Å². The third-order valence-electron chi connectivity index (χ3n) is 7.82. The molecule has 0 aliphatic carbocycles. The minimum Gasteiger partial charge on any atom is -0.457 e. The second-order valence-corrected chi connectivity index (χ2v) is 11.1. The first kappa shape index (κ1) is 26.2. The van der Waals surface area contributed by atoms with Crippen molar-refractivity contribution in [2.45, 2.75) is 38.6 Å². The van der Waals surface area contributed by atoms with E-state index in [1.165, 1.54) is 27.6 Å². The number of likely N-dealkylation sites (tertiary alicyclic amines) is 1. The molecule has 0 bridgehead atoms. The SMILES string of the molecule is Cc1ccc(Cn2cc([C@@H](CC(=O)N3CCCC3)c3cccc(Oc4ccc(Cl)cc4)c3)c3ccccc32)cc1. The summed E-state index contributed by atoms with van der Waals surface area (Å²) in [5.74, 6) is 1.57. The molecule has 0 N–H and O–H groups in total. The molecule has 1 aromatic heterocycles. The highest BCUT2D eigenvalue weighted by Crippen LogP contribution is 2.37. The fourth-order valence-corrected chi connectivity index (χ4v) is 5.81. The molecule has 5 heteroatoms. The molecule has 2 heterocycles. The van der Waals surface area contributed by atoms with Crippen LogP contribution in [0.5, 0.6) is 11.5 Å².